The Hall–Kier alpha value is -1.84. The Morgan fingerprint density at radius 2 is 1.85 bits per heavy atom. The third-order valence-electron chi connectivity index (χ3n) is 3.69. The average Bonchev–Trinajstić information content (AvgIpc) is 2.42. The fourth-order valence-electron chi connectivity index (χ4n) is 2.60. The first-order valence-corrected chi connectivity index (χ1v) is 7.14. The van der Waals surface area contributed by atoms with Crippen molar-refractivity contribution in [2.45, 2.75) is 39.3 Å². The van der Waals surface area contributed by atoms with Crippen molar-refractivity contribution in [2.24, 2.45) is 5.92 Å². The molecule has 1 aliphatic rings. The van der Waals surface area contributed by atoms with Gasteiger partial charge in [0.2, 0.25) is 11.8 Å². The number of rotatable bonds is 4. The van der Waals surface area contributed by atoms with Crippen molar-refractivity contribution in [2.75, 3.05) is 6.54 Å². The number of hydrogen-bond donors (Lipinski definition) is 1. The van der Waals surface area contributed by atoms with E-state index in [0.29, 0.717) is 12.3 Å². The van der Waals surface area contributed by atoms with E-state index in [1.807, 2.05) is 37.3 Å². The molecule has 2 atom stereocenters. The topological polar surface area (TPSA) is 49.4 Å². The number of nitrogens with one attached hydrogen (secondary N) is 1. The second kappa shape index (κ2) is 6.07. The van der Waals surface area contributed by atoms with Crippen LogP contribution in [-0.4, -0.2) is 29.3 Å². The summed E-state index contributed by atoms with van der Waals surface area (Å²) in [7, 11) is 0. The molecular formula is C16H22N2O2. The number of benzene rings is 1. The minimum absolute atomic E-state index is 0.0228. The number of carbonyl (C=O) groups is 2. The summed E-state index contributed by atoms with van der Waals surface area (Å²) in [5, 5.41) is 2.80. The van der Waals surface area contributed by atoms with Crippen LogP contribution in [0.4, 0.5) is 0 Å². The molecule has 0 saturated carbocycles. The van der Waals surface area contributed by atoms with E-state index in [1.54, 1.807) is 4.90 Å². The van der Waals surface area contributed by atoms with Gasteiger partial charge >= 0.3 is 0 Å². The molecule has 1 aromatic carbocycles. The summed E-state index contributed by atoms with van der Waals surface area (Å²) in [5.41, 5.74) is 1.05. The molecule has 4 heteroatoms. The van der Waals surface area contributed by atoms with E-state index in [9.17, 15) is 9.59 Å². The second-order valence-electron chi connectivity index (χ2n) is 5.80. The predicted octanol–water partition coefficient (Wildman–Crippen LogP) is 2.12. The molecule has 20 heavy (non-hydrogen) atoms. The molecule has 2 unspecified atom stereocenters. The van der Waals surface area contributed by atoms with E-state index >= 15 is 0 Å². The lowest BCUT2D eigenvalue weighted by Gasteiger charge is -2.37. The average molecular weight is 274 g/mol. The zero-order valence-corrected chi connectivity index (χ0v) is 12.3. The van der Waals surface area contributed by atoms with Crippen LogP contribution < -0.4 is 5.32 Å². The van der Waals surface area contributed by atoms with Crippen LogP contribution in [0.1, 0.15) is 38.8 Å². The zero-order valence-electron chi connectivity index (χ0n) is 12.3. The highest BCUT2D eigenvalue weighted by Crippen LogP contribution is 2.23. The quantitative estimate of drug-likeness (QED) is 0.914. The Labute approximate surface area is 120 Å². The van der Waals surface area contributed by atoms with Crippen molar-refractivity contribution in [3.05, 3.63) is 35.9 Å². The Balaban J connectivity index is 2.17. The Bertz CT molecular complexity index is 485. The molecule has 1 fully saturated rings. The number of piperazine rings is 1. The van der Waals surface area contributed by atoms with Gasteiger partial charge in [-0.2, -0.15) is 0 Å². The van der Waals surface area contributed by atoms with Crippen LogP contribution >= 0.6 is 0 Å². The molecule has 0 spiro atoms. The first-order chi connectivity index (χ1) is 9.49. The maximum Gasteiger partial charge on any atom is 0.246 e. The highest BCUT2D eigenvalue weighted by atomic mass is 16.2. The fraction of sp³-hybridized carbons (Fsp3) is 0.500. The van der Waals surface area contributed by atoms with E-state index in [4.69, 9.17) is 0 Å². The minimum atomic E-state index is -0.387. The summed E-state index contributed by atoms with van der Waals surface area (Å²) in [5.74, 6) is 0.323. The molecule has 0 aliphatic carbocycles. The fourth-order valence-corrected chi connectivity index (χ4v) is 2.60. The molecule has 0 aromatic heterocycles. The number of carbonyl (C=O) groups excluding carboxylic acids is 2. The number of hydrogen-bond acceptors (Lipinski definition) is 2. The summed E-state index contributed by atoms with van der Waals surface area (Å²) in [6, 6.07) is 9.36. The van der Waals surface area contributed by atoms with E-state index in [0.717, 1.165) is 5.56 Å². The van der Waals surface area contributed by atoms with E-state index in [-0.39, 0.29) is 30.4 Å². The van der Waals surface area contributed by atoms with Gasteiger partial charge in [0.05, 0.1) is 6.04 Å². The molecule has 4 nitrogen and oxygen atoms in total. The van der Waals surface area contributed by atoms with Gasteiger partial charge in [0, 0.05) is 0 Å². The molecular weight excluding hydrogens is 252 g/mol. The normalized spacial score (nSPS) is 21.0. The molecule has 1 N–H and O–H groups in total. The predicted molar refractivity (Wildman–Crippen MR) is 78.0 cm³/mol. The first-order valence-electron chi connectivity index (χ1n) is 7.14. The molecule has 0 bridgehead atoms. The summed E-state index contributed by atoms with van der Waals surface area (Å²) in [6.07, 6.45) is 0.683. The summed E-state index contributed by atoms with van der Waals surface area (Å²) in [4.78, 5) is 26.1. The lowest BCUT2D eigenvalue weighted by molar-refractivity contribution is -0.146. The molecule has 2 amide bonds. The maximum absolute atomic E-state index is 12.5. The van der Waals surface area contributed by atoms with Crippen LogP contribution in [0.25, 0.3) is 0 Å². The molecule has 2 rings (SSSR count). The van der Waals surface area contributed by atoms with Gasteiger partial charge in [-0.25, -0.2) is 0 Å². The van der Waals surface area contributed by atoms with Gasteiger partial charge in [0.15, 0.2) is 0 Å². The summed E-state index contributed by atoms with van der Waals surface area (Å²) in [6.45, 7) is 6.22. The lowest BCUT2D eigenvalue weighted by Crippen LogP contribution is -2.58. The highest BCUT2D eigenvalue weighted by molar-refractivity contribution is 5.95. The van der Waals surface area contributed by atoms with Crippen LogP contribution in [0, 0.1) is 5.92 Å². The van der Waals surface area contributed by atoms with Gasteiger partial charge in [-0.05, 0) is 24.8 Å². The van der Waals surface area contributed by atoms with Gasteiger partial charge in [0.1, 0.15) is 12.6 Å². The largest absolute Gasteiger partial charge is 0.343 e. The van der Waals surface area contributed by atoms with E-state index in [2.05, 4.69) is 19.2 Å². The van der Waals surface area contributed by atoms with Crippen molar-refractivity contribution >= 4 is 11.8 Å². The summed E-state index contributed by atoms with van der Waals surface area (Å²) >= 11 is 0. The second-order valence-corrected chi connectivity index (χ2v) is 5.80. The van der Waals surface area contributed by atoms with Crippen LogP contribution in [0.5, 0.6) is 0 Å². The third kappa shape index (κ3) is 3.18. The van der Waals surface area contributed by atoms with Gasteiger partial charge in [-0.1, -0.05) is 44.2 Å². The molecule has 0 radical (unpaired) electrons. The van der Waals surface area contributed by atoms with Gasteiger partial charge < -0.3 is 10.2 Å². The van der Waals surface area contributed by atoms with Crippen LogP contribution in [0.15, 0.2) is 30.3 Å². The summed E-state index contributed by atoms with van der Waals surface area (Å²) < 4.78 is 0. The van der Waals surface area contributed by atoms with Crippen LogP contribution in [0.2, 0.25) is 0 Å². The van der Waals surface area contributed by atoms with E-state index in [1.165, 1.54) is 0 Å². The standard InChI is InChI=1S/C16H22N2O2/c1-11(2)9-14-16(20)18(10-15(19)17-14)12(3)13-7-5-4-6-8-13/h4-8,11-12,14H,9-10H2,1-3H3,(H,17,19). The van der Waals surface area contributed by atoms with Crippen molar-refractivity contribution < 1.29 is 9.59 Å². The Morgan fingerprint density at radius 1 is 1.20 bits per heavy atom. The van der Waals surface area contributed by atoms with Crippen LogP contribution in [-0.2, 0) is 9.59 Å². The first kappa shape index (κ1) is 14.6. The molecule has 1 aliphatic heterocycles. The van der Waals surface area contributed by atoms with Crippen LogP contribution in [0.3, 0.4) is 0 Å². The van der Waals surface area contributed by atoms with Crippen molar-refractivity contribution in [3.63, 3.8) is 0 Å². The Morgan fingerprint density at radius 3 is 2.45 bits per heavy atom. The van der Waals surface area contributed by atoms with Gasteiger partial charge in [0.25, 0.3) is 0 Å². The minimum Gasteiger partial charge on any atom is -0.343 e. The molecule has 1 aromatic rings. The smallest absolute Gasteiger partial charge is 0.246 e. The van der Waals surface area contributed by atoms with Gasteiger partial charge in [-0.15, -0.1) is 0 Å². The van der Waals surface area contributed by atoms with E-state index < -0.39 is 0 Å². The number of amides is 2. The lowest BCUT2D eigenvalue weighted by atomic mass is 9.98. The third-order valence-corrected chi connectivity index (χ3v) is 3.69. The Kier molecular flexibility index (Phi) is 4.42. The van der Waals surface area contributed by atoms with Crippen molar-refractivity contribution in [1.82, 2.24) is 10.2 Å². The maximum atomic E-state index is 12.5. The van der Waals surface area contributed by atoms with Crippen molar-refractivity contribution in [1.29, 1.82) is 0 Å². The zero-order chi connectivity index (χ0) is 14.7. The van der Waals surface area contributed by atoms with Gasteiger partial charge in [-0.3, -0.25) is 9.59 Å². The van der Waals surface area contributed by atoms with Crippen molar-refractivity contribution in [3.8, 4) is 0 Å². The monoisotopic (exact) mass is 274 g/mol. The SMILES string of the molecule is CC(C)CC1NC(=O)CN(C(C)c2ccccc2)C1=O. The molecule has 108 valence electrons. The molecule has 1 heterocycles. The highest BCUT2D eigenvalue weighted by Gasteiger charge is 2.35. The molecule has 1 saturated heterocycles. The number of nitrogens with zero attached hydrogens (tertiary/aromatic N) is 1.